The number of aliphatic hydroxyl groups is 4. The van der Waals surface area contributed by atoms with E-state index in [2.05, 4.69) is 0 Å². The lowest BCUT2D eigenvalue weighted by Crippen LogP contribution is -2.62. The van der Waals surface area contributed by atoms with Gasteiger partial charge in [-0.2, -0.15) is 0 Å². The zero-order chi connectivity index (χ0) is 19.1. The highest BCUT2D eigenvalue weighted by atomic mass is 19.1. The highest BCUT2D eigenvalue weighted by Gasteiger charge is 2.40. The van der Waals surface area contributed by atoms with Crippen molar-refractivity contribution >= 4 is 0 Å². The maximum absolute atomic E-state index is 13.4. The molecule has 1 fully saturated rings. The lowest BCUT2D eigenvalue weighted by Gasteiger charge is -2.43. The third-order valence-electron chi connectivity index (χ3n) is 4.40. The normalized spacial score (nSPS) is 27.2. The van der Waals surface area contributed by atoms with Crippen molar-refractivity contribution in [2.75, 3.05) is 26.3 Å². The standard InChI is InChI=1S/C18H25F2NO5/c19-12-5-6-13(20)16(9-12)26-8-4-2-1-3-7-21-10-15(23)18(25)17(24)14(21)11-22/h1-2,5-6,9,14-15,17-18,22-25H,3-4,7-8,10-11H2/b2-1+/t14-,15+,17-,18-/m1/s1. The molecule has 6 nitrogen and oxygen atoms in total. The first-order valence-electron chi connectivity index (χ1n) is 8.56. The largest absolute Gasteiger partial charge is 0.490 e. The summed E-state index contributed by atoms with van der Waals surface area (Å²) in [5.74, 6) is -1.31. The van der Waals surface area contributed by atoms with Crippen LogP contribution in [0.15, 0.2) is 30.4 Å². The van der Waals surface area contributed by atoms with E-state index in [0.29, 0.717) is 19.4 Å². The molecule has 0 spiro atoms. The van der Waals surface area contributed by atoms with Crippen LogP contribution in [0.2, 0.25) is 0 Å². The quantitative estimate of drug-likeness (QED) is 0.390. The molecule has 4 atom stereocenters. The number of halogens is 2. The van der Waals surface area contributed by atoms with Crippen molar-refractivity contribution < 1.29 is 33.9 Å². The van der Waals surface area contributed by atoms with Gasteiger partial charge in [0.05, 0.1) is 25.4 Å². The topological polar surface area (TPSA) is 93.4 Å². The number of rotatable bonds is 8. The van der Waals surface area contributed by atoms with Gasteiger partial charge in [-0.3, -0.25) is 4.90 Å². The molecule has 8 heteroatoms. The molecule has 0 saturated carbocycles. The summed E-state index contributed by atoms with van der Waals surface area (Å²) in [7, 11) is 0. The minimum atomic E-state index is -1.26. The van der Waals surface area contributed by atoms with E-state index >= 15 is 0 Å². The highest BCUT2D eigenvalue weighted by Crippen LogP contribution is 2.20. The Morgan fingerprint density at radius 1 is 1.12 bits per heavy atom. The molecule has 0 aliphatic carbocycles. The maximum Gasteiger partial charge on any atom is 0.165 e. The summed E-state index contributed by atoms with van der Waals surface area (Å²) in [5, 5.41) is 38.6. The van der Waals surface area contributed by atoms with Gasteiger partial charge in [-0.05, 0) is 25.0 Å². The van der Waals surface area contributed by atoms with Crippen molar-refractivity contribution in [3.05, 3.63) is 42.0 Å². The van der Waals surface area contributed by atoms with Crippen LogP contribution in [0.1, 0.15) is 12.8 Å². The number of hydrogen-bond acceptors (Lipinski definition) is 6. The number of piperidine rings is 1. The van der Waals surface area contributed by atoms with Gasteiger partial charge in [0.25, 0.3) is 0 Å². The van der Waals surface area contributed by atoms with Gasteiger partial charge in [0.15, 0.2) is 11.6 Å². The predicted octanol–water partition coefficient (Wildman–Crippen LogP) is 0.439. The van der Waals surface area contributed by atoms with Crippen LogP contribution in [0.4, 0.5) is 8.78 Å². The molecule has 1 saturated heterocycles. The zero-order valence-corrected chi connectivity index (χ0v) is 14.3. The lowest BCUT2D eigenvalue weighted by molar-refractivity contribution is -0.144. The Morgan fingerprint density at radius 2 is 1.85 bits per heavy atom. The molecule has 1 heterocycles. The Bertz CT molecular complexity index is 601. The number of ether oxygens (including phenoxy) is 1. The monoisotopic (exact) mass is 373 g/mol. The summed E-state index contributed by atoms with van der Waals surface area (Å²) in [6.07, 6.45) is 1.26. The van der Waals surface area contributed by atoms with Crippen molar-refractivity contribution in [2.24, 2.45) is 0 Å². The average molecular weight is 373 g/mol. The van der Waals surface area contributed by atoms with E-state index in [-0.39, 0.29) is 25.5 Å². The van der Waals surface area contributed by atoms with Crippen LogP contribution in [0.25, 0.3) is 0 Å². The van der Waals surface area contributed by atoms with Gasteiger partial charge in [0.1, 0.15) is 18.0 Å². The second-order valence-corrected chi connectivity index (χ2v) is 6.27. The van der Waals surface area contributed by atoms with Gasteiger partial charge in [-0.1, -0.05) is 12.2 Å². The summed E-state index contributed by atoms with van der Waals surface area (Å²) in [6.45, 7) is 0.534. The molecule has 1 aromatic rings. The molecular formula is C18H25F2NO5. The molecule has 1 aliphatic rings. The molecule has 0 bridgehead atoms. The molecule has 0 unspecified atom stereocenters. The molecule has 4 N–H and O–H groups in total. The lowest BCUT2D eigenvalue weighted by atomic mass is 9.94. The Kier molecular flexibility index (Phi) is 7.92. The summed E-state index contributed by atoms with van der Waals surface area (Å²) >= 11 is 0. The number of aliphatic hydroxyl groups excluding tert-OH is 4. The van der Waals surface area contributed by atoms with E-state index < -0.39 is 36.0 Å². The molecular weight excluding hydrogens is 348 g/mol. The fourth-order valence-electron chi connectivity index (χ4n) is 2.94. The number of nitrogens with zero attached hydrogens (tertiary/aromatic N) is 1. The van der Waals surface area contributed by atoms with Crippen LogP contribution in [-0.2, 0) is 0 Å². The Hall–Kier alpha value is -1.58. The first kappa shape index (κ1) is 20.7. The summed E-state index contributed by atoms with van der Waals surface area (Å²) in [4.78, 5) is 1.73. The first-order valence-corrected chi connectivity index (χ1v) is 8.56. The Labute approximate surface area is 150 Å². The Balaban J connectivity index is 1.71. The Morgan fingerprint density at radius 3 is 2.58 bits per heavy atom. The minimum absolute atomic E-state index is 0.126. The van der Waals surface area contributed by atoms with E-state index in [1.54, 1.807) is 4.90 Å². The van der Waals surface area contributed by atoms with Crippen molar-refractivity contribution in [2.45, 2.75) is 37.2 Å². The molecule has 2 rings (SSSR count). The number of benzene rings is 1. The van der Waals surface area contributed by atoms with Gasteiger partial charge in [-0.15, -0.1) is 0 Å². The predicted molar refractivity (Wildman–Crippen MR) is 90.7 cm³/mol. The average Bonchev–Trinajstić information content (AvgIpc) is 2.62. The SMILES string of the molecule is OC[C@@H]1[C@@H](O)[C@H](O)[C@@H](O)CN1CC/C=C/CCOc1cc(F)ccc1F. The van der Waals surface area contributed by atoms with Gasteiger partial charge in [-0.25, -0.2) is 8.78 Å². The van der Waals surface area contributed by atoms with Gasteiger partial charge in [0, 0.05) is 19.2 Å². The minimum Gasteiger partial charge on any atom is -0.490 e. The molecule has 0 amide bonds. The van der Waals surface area contributed by atoms with Crippen LogP contribution < -0.4 is 4.74 Å². The zero-order valence-electron chi connectivity index (χ0n) is 14.3. The van der Waals surface area contributed by atoms with E-state index in [4.69, 9.17) is 4.74 Å². The molecule has 0 radical (unpaired) electrons. The van der Waals surface area contributed by atoms with Crippen LogP contribution in [-0.4, -0.2) is 76.0 Å². The van der Waals surface area contributed by atoms with E-state index in [1.807, 2.05) is 12.2 Å². The number of β-amino-alcohol motifs (C(OH)–C–C–N with tert-alkyl or cyclic N) is 1. The summed E-state index contributed by atoms with van der Waals surface area (Å²) in [5.41, 5.74) is 0. The summed E-state index contributed by atoms with van der Waals surface area (Å²) in [6, 6.07) is 2.40. The van der Waals surface area contributed by atoms with E-state index in [1.165, 1.54) is 0 Å². The molecule has 1 aliphatic heterocycles. The van der Waals surface area contributed by atoms with Crippen molar-refractivity contribution in [1.29, 1.82) is 0 Å². The maximum atomic E-state index is 13.4. The number of likely N-dealkylation sites (tertiary alicyclic amines) is 1. The van der Waals surface area contributed by atoms with Crippen molar-refractivity contribution in [1.82, 2.24) is 4.90 Å². The van der Waals surface area contributed by atoms with Crippen LogP contribution in [0.5, 0.6) is 5.75 Å². The third kappa shape index (κ3) is 5.46. The van der Waals surface area contributed by atoms with Gasteiger partial charge < -0.3 is 25.2 Å². The van der Waals surface area contributed by atoms with Crippen LogP contribution in [0, 0.1) is 11.6 Å². The van der Waals surface area contributed by atoms with Crippen LogP contribution in [0.3, 0.4) is 0 Å². The first-order chi connectivity index (χ1) is 12.4. The molecule has 1 aromatic carbocycles. The molecule has 0 aromatic heterocycles. The fourth-order valence-corrected chi connectivity index (χ4v) is 2.94. The smallest absolute Gasteiger partial charge is 0.165 e. The van der Waals surface area contributed by atoms with Crippen LogP contribution >= 0.6 is 0 Å². The second-order valence-electron chi connectivity index (χ2n) is 6.27. The molecule has 146 valence electrons. The second kappa shape index (κ2) is 9.94. The van der Waals surface area contributed by atoms with Gasteiger partial charge >= 0.3 is 0 Å². The van der Waals surface area contributed by atoms with E-state index in [9.17, 15) is 29.2 Å². The van der Waals surface area contributed by atoms with Gasteiger partial charge in [0.2, 0.25) is 0 Å². The fraction of sp³-hybridized carbons (Fsp3) is 0.556. The third-order valence-corrected chi connectivity index (χ3v) is 4.40. The summed E-state index contributed by atoms with van der Waals surface area (Å²) < 4.78 is 31.6. The highest BCUT2D eigenvalue weighted by molar-refractivity contribution is 5.24. The van der Waals surface area contributed by atoms with Crippen molar-refractivity contribution in [3.8, 4) is 5.75 Å². The molecule has 26 heavy (non-hydrogen) atoms. The van der Waals surface area contributed by atoms with Crippen molar-refractivity contribution in [3.63, 3.8) is 0 Å². The van der Waals surface area contributed by atoms with E-state index in [0.717, 1.165) is 18.2 Å². The number of hydrogen-bond donors (Lipinski definition) is 4.